The number of ether oxygens (including phenoxy) is 2. The normalized spacial score (nSPS) is 17.7. The summed E-state index contributed by atoms with van der Waals surface area (Å²) in [7, 11) is 1.65. The Balaban J connectivity index is 1.33. The monoisotopic (exact) mass is 527 g/mol. The van der Waals surface area contributed by atoms with Crippen molar-refractivity contribution in [2.24, 2.45) is 5.92 Å². The Bertz CT molecular complexity index is 1430. The highest BCUT2D eigenvalue weighted by Crippen LogP contribution is 2.49. The van der Waals surface area contributed by atoms with Gasteiger partial charge in [-0.1, -0.05) is 12.1 Å². The molecule has 0 radical (unpaired) electrons. The summed E-state index contributed by atoms with van der Waals surface area (Å²) in [5.74, 6) is 2.07. The molecule has 2 aliphatic heterocycles. The number of carbonyl (C=O) groups excluding carboxylic acids is 2. The summed E-state index contributed by atoms with van der Waals surface area (Å²) in [6, 6.07) is 12.0. The smallest absolute Gasteiger partial charge is 0.255 e. The highest BCUT2D eigenvalue weighted by Gasteiger charge is 2.51. The lowest BCUT2D eigenvalue weighted by Crippen LogP contribution is -2.47. The van der Waals surface area contributed by atoms with E-state index in [0.717, 1.165) is 64.9 Å². The second-order valence-electron chi connectivity index (χ2n) is 10.7. The highest BCUT2D eigenvalue weighted by molar-refractivity contribution is 6.02. The fraction of sp³-hybridized carbons (Fsp3) is 0.400. The quantitative estimate of drug-likeness (QED) is 0.452. The lowest BCUT2D eigenvalue weighted by Gasteiger charge is -2.42. The van der Waals surface area contributed by atoms with Crippen LogP contribution in [0.4, 0.5) is 17.3 Å². The van der Waals surface area contributed by atoms with E-state index < -0.39 is 5.54 Å². The minimum atomic E-state index is -0.447. The van der Waals surface area contributed by atoms with Crippen molar-refractivity contribution in [2.75, 3.05) is 31.0 Å². The van der Waals surface area contributed by atoms with Gasteiger partial charge in [0.25, 0.3) is 5.91 Å². The van der Waals surface area contributed by atoms with Gasteiger partial charge in [-0.15, -0.1) is 0 Å². The first kappa shape index (κ1) is 25.3. The van der Waals surface area contributed by atoms with Gasteiger partial charge in [-0.25, -0.2) is 9.97 Å². The Hall–Kier alpha value is -3.98. The van der Waals surface area contributed by atoms with Gasteiger partial charge in [-0.2, -0.15) is 0 Å². The van der Waals surface area contributed by atoms with E-state index in [-0.39, 0.29) is 17.7 Å². The Morgan fingerprint density at radius 3 is 2.51 bits per heavy atom. The maximum absolute atomic E-state index is 13.9. The van der Waals surface area contributed by atoms with Crippen LogP contribution in [0.25, 0.3) is 0 Å². The van der Waals surface area contributed by atoms with Crippen LogP contribution >= 0.6 is 0 Å². The van der Waals surface area contributed by atoms with Crippen molar-refractivity contribution in [3.8, 4) is 5.75 Å². The summed E-state index contributed by atoms with van der Waals surface area (Å²) in [5.41, 5.74) is 4.93. The number of hydrogen-bond acceptors (Lipinski definition) is 7. The fourth-order valence-corrected chi connectivity index (χ4v) is 5.77. The third-order valence-corrected chi connectivity index (χ3v) is 8.17. The van der Waals surface area contributed by atoms with Gasteiger partial charge in [0.2, 0.25) is 5.91 Å². The number of methoxy groups -OCH3 is 1. The molecular weight excluding hydrogens is 494 g/mol. The van der Waals surface area contributed by atoms with Crippen LogP contribution in [0.3, 0.4) is 0 Å². The number of amides is 2. The van der Waals surface area contributed by atoms with Crippen LogP contribution in [0.15, 0.2) is 42.7 Å². The molecule has 0 bridgehead atoms. The summed E-state index contributed by atoms with van der Waals surface area (Å²) in [5, 5.41) is 6.37. The SMILES string of the molecule is COc1ccc(CN2C(=O)c3c(C)cc(Nc4ncnc(NC(=O)C5CC5)c4C)cc3C23CCOCC3)cc1. The number of carbonyl (C=O) groups is 2. The molecule has 3 aliphatic rings. The van der Waals surface area contributed by atoms with Crippen LogP contribution in [0.5, 0.6) is 5.75 Å². The highest BCUT2D eigenvalue weighted by atomic mass is 16.5. The Morgan fingerprint density at radius 1 is 1.10 bits per heavy atom. The minimum Gasteiger partial charge on any atom is -0.497 e. The number of fused-ring (bicyclic) bond motifs is 2. The lowest BCUT2D eigenvalue weighted by molar-refractivity contribution is -0.117. The van der Waals surface area contributed by atoms with Crippen LogP contribution in [0.1, 0.15) is 58.3 Å². The van der Waals surface area contributed by atoms with Crippen molar-refractivity contribution in [1.82, 2.24) is 14.9 Å². The van der Waals surface area contributed by atoms with E-state index >= 15 is 0 Å². The van der Waals surface area contributed by atoms with E-state index in [0.29, 0.717) is 31.4 Å². The number of anilines is 3. The Morgan fingerprint density at radius 2 is 1.82 bits per heavy atom. The third kappa shape index (κ3) is 4.61. The molecule has 2 aromatic carbocycles. The minimum absolute atomic E-state index is 0.00745. The van der Waals surface area contributed by atoms with Gasteiger partial charge in [0.05, 0.1) is 12.6 Å². The molecule has 39 heavy (non-hydrogen) atoms. The third-order valence-electron chi connectivity index (χ3n) is 8.17. The second kappa shape index (κ2) is 9.96. The van der Waals surface area contributed by atoms with Gasteiger partial charge < -0.3 is 25.0 Å². The summed E-state index contributed by atoms with van der Waals surface area (Å²) in [6.45, 7) is 5.58. The zero-order valence-electron chi connectivity index (χ0n) is 22.5. The molecule has 1 aliphatic carbocycles. The molecule has 2 N–H and O–H groups in total. The van der Waals surface area contributed by atoms with E-state index in [2.05, 4.69) is 26.7 Å². The standard InChI is InChI=1S/C30H33N5O4/c1-18-14-22(33-26-19(2)27(32-17-31-26)34-28(36)21-6-7-21)15-24-25(18)29(37)35(30(24)10-12-39-13-11-30)16-20-4-8-23(38-3)9-5-20/h4-5,8-9,14-15,17,21H,6-7,10-13,16H2,1-3H3,(H2,31,32,33,34,36). The number of hydrogen-bond donors (Lipinski definition) is 2. The molecule has 3 aromatic rings. The molecule has 9 nitrogen and oxygen atoms in total. The zero-order chi connectivity index (χ0) is 27.1. The fourth-order valence-electron chi connectivity index (χ4n) is 5.77. The molecule has 0 unspecified atom stereocenters. The molecule has 2 amide bonds. The molecule has 1 spiro atoms. The Labute approximate surface area is 227 Å². The van der Waals surface area contributed by atoms with Gasteiger partial charge in [-0.05, 0) is 80.5 Å². The largest absolute Gasteiger partial charge is 0.497 e. The predicted octanol–water partition coefficient (Wildman–Crippen LogP) is 4.86. The van der Waals surface area contributed by atoms with Gasteiger partial charge in [0.1, 0.15) is 23.7 Å². The van der Waals surface area contributed by atoms with Crippen molar-refractivity contribution >= 4 is 29.1 Å². The molecule has 9 heteroatoms. The van der Waals surface area contributed by atoms with E-state index in [1.165, 1.54) is 6.33 Å². The number of aromatic nitrogens is 2. The Kier molecular flexibility index (Phi) is 6.46. The molecule has 6 rings (SSSR count). The maximum Gasteiger partial charge on any atom is 0.255 e. The first-order chi connectivity index (χ1) is 18.9. The summed E-state index contributed by atoms with van der Waals surface area (Å²) in [4.78, 5) is 37.0. The van der Waals surface area contributed by atoms with Crippen molar-refractivity contribution in [1.29, 1.82) is 0 Å². The molecule has 202 valence electrons. The first-order valence-electron chi connectivity index (χ1n) is 13.5. The molecule has 1 saturated carbocycles. The number of nitrogens with zero attached hydrogens (tertiary/aromatic N) is 3. The van der Waals surface area contributed by atoms with Crippen LogP contribution in [0.2, 0.25) is 0 Å². The topological polar surface area (TPSA) is 106 Å². The zero-order valence-corrected chi connectivity index (χ0v) is 22.5. The number of nitrogens with one attached hydrogen (secondary N) is 2. The molecule has 2 fully saturated rings. The molecular formula is C30H33N5O4. The van der Waals surface area contributed by atoms with Crippen LogP contribution in [0, 0.1) is 19.8 Å². The summed E-state index contributed by atoms with van der Waals surface area (Å²) < 4.78 is 11.1. The number of benzene rings is 2. The van der Waals surface area contributed by atoms with Crippen molar-refractivity contribution in [3.63, 3.8) is 0 Å². The first-order valence-corrected chi connectivity index (χ1v) is 13.5. The van der Waals surface area contributed by atoms with Gasteiger partial charge >= 0.3 is 0 Å². The van der Waals surface area contributed by atoms with Crippen LogP contribution < -0.4 is 15.4 Å². The van der Waals surface area contributed by atoms with Crippen LogP contribution in [-0.2, 0) is 21.6 Å². The molecule has 3 heterocycles. The van der Waals surface area contributed by atoms with Crippen molar-refractivity contribution in [2.45, 2.75) is 51.6 Å². The van der Waals surface area contributed by atoms with Crippen molar-refractivity contribution in [3.05, 3.63) is 70.5 Å². The average molecular weight is 528 g/mol. The van der Waals surface area contributed by atoms with Crippen molar-refractivity contribution < 1.29 is 19.1 Å². The van der Waals surface area contributed by atoms with Gasteiger partial charge in [-0.3, -0.25) is 9.59 Å². The van der Waals surface area contributed by atoms with E-state index in [1.54, 1.807) is 7.11 Å². The molecule has 1 saturated heterocycles. The van der Waals surface area contributed by atoms with E-state index in [1.807, 2.05) is 49.1 Å². The summed E-state index contributed by atoms with van der Waals surface area (Å²) >= 11 is 0. The molecule has 0 atom stereocenters. The van der Waals surface area contributed by atoms with E-state index in [9.17, 15) is 9.59 Å². The maximum atomic E-state index is 13.9. The van der Waals surface area contributed by atoms with Gasteiger partial charge in [0, 0.05) is 42.5 Å². The average Bonchev–Trinajstić information content (AvgIpc) is 3.77. The number of aryl methyl sites for hydroxylation is 1. The predicted molar refractivity (Wildman–Crippen MR) is 147 cm³/mol. The van der Waals surface area contributed by atoms with E-state index in [4.69, 9.17) is 9.47 Å². The lowest BCUT2D eigenvalue weighted by atomic mass is 9.81. The summed E-state index contributed by atoms with van der Waals surface area (Å²) in [6.07, 6.45) is 4.77. The van der Waals surface area contributed by atoms with Gasteiger partial charge in [0.15, 0.2) is 0 Å². The second-order valence-corrected chi connectivity index (χ2v) is 10.7. The molecule has 1 aromatic heterocycles. The van der Waals surface area contributed by atoms with Crippen LogP contribution in [-0.4, -0.2) is 47.0 Å². The number of rotatable bonds is 7.